The maximum absolute atomic E-state index is 12.7. The van der Waals surface area contributed by atoms with Crippen molar-refractivity contribution in [1.29, 1.82) is 0 Å². The summed E-state index contributed by atoms with van der Waals surface area (Å²) in [6.07, 6.45) is 7.03. The molecule has 1 aliphatic carbocycles. The van der Waals surface area contributed by atoms with Crippen molar-refractivity contribution in [3.8, 4) is 0 Å². The molecule has 2 bridgehead atoms. The molecule has 11 heteroatoms. The van der Waals surface area contributed by atoms with Gasteiger partial charge >= 0.3 is 6.03 Å². The molecule has 0 radical (unpaired) electrons. The van der Waals surface area contributed by atoms with E-state index >= 15 is 0 Å². The second-order valence-electron chi connectivity index (χ2n) is 8.41. The number of hydrogen-bond donors (Lipinski definition) is 2. The van der Waals surface area contributed by atoms with E-state index in [0.717, 1.165) is 25.3 Å². The summed E-state index contributed by atoms with van der Waals surface area (Å²) in [4.78, 5) is 39.1. The normalized spacial score (nSPS) is 33.1. The molecule has 28 heavy (non-hydrogen) atoms. The first kappa shape index (κ1) is 20.3. The van der Waals surface area contributed by atoms with Crippen molar-refractivity contribution in [2.75, 3.05) is 13.1 Å². The van der Waals surface area contributed by atoms with Gasteiger partial charge in [-0.15, -0.1) is 0 Å². The van der Waals surface area contributed by atoms with E-state index in [2.05, 4.69) is 29.7 Å². The van der Waals surface area contributed by atoms with Crippen LogP contribution in [0.2, 0.25) is 0 Å². The Morgan fingerprint density at radius 1 is 1.04 bits per heavy atom. The van der Waals surface area contributed by atoms with Gasteiger partial charge in [0.2, 0.25) is 0 Å². The molecule has 3 heterocycles. The first-order valence-electron chi connectivity index (χ1n) is 10.1. The van der Waals surface area contributed by atoms with Gasteiger partial charge < -0.3 is 4.90 Å². The lowest BCUT2D eigenvalue weighted by atomic mass is 9.88. The first-order valence-corrected chi connectivity index (χ1v) is 11.0. The standard InChI is InChI=1S/C17H29N5O4P2/c23-15(13-4-3-12-9-20(13)17(25)22(12)26-28)18-19-16(24)14-8-11(5-6-21(14)27)7-10-1-2-10/h10-14H,1-9,27-28H2,(H,18,23)(H,19,24)/t11-,12-,13-,14-/m0/s1. The molecule has 0 aromatic carbocycles. The summed E-state index contributed by atoms with van der Waals surface area (Å²) in [5, 5.41) is 1.30. The Labute approximate surface area is 169 Å². The fourth-order valence-electron chi connectivity index (χ4n) is 4.68. The maximum Gasteiger partial charge on any atom is 0.345 e. The minimum absolute atomic E-state index is 0.0278. The number of urea groups is 1. The van der Waals surface area contributed by atoms with Gasteiger partial charge in [-0.3, -0.25) is 29.7 Å². The van der Waals surface area contributed by atoms with Gasteiger partial charge in [-0.1, -0.05) is 22.2 Å². The summed E-state index contributed by atoms with van der Waals surface area (Å²) < 4.78 is 7.03. The predicted octanol–water partition coefficient (Wildman–Crippen LogP) is 0.795. The molecule has 4 amide bonds. The third-order valence-corrected chi connectivity index (χ3v) is 7.31. The van der Waals surface area contributed by atoms with Crippen molar-refractivity contribution in [1.82, 2.24) is 25.5 Å². The van der Waals surface area contributed by atoms with Gasteiger partial charge in [0.1, 0.15) is 6.04 Å². The topological polar surface area (TPSA) is 94.2 Å². The molecule has 0 aromatic heterocycles. The Morgan fingerprint density at radius 2 is 1.75 bits per heavy atom. The van der Waals surface area contributed by atoms with Crippen LogP contribution in [0.4, 0.5) is 4.79 Å². The van der Waals surface area contributed by atoms with Gasteiger partial charge in [0.15, 0.2) is 0 Å². The van der Waals surface area contributed by atoms with Crippen LogP contribution in [0.25, 0.3) is 0 Å². The van der Waals surface area contributed by atoms with Crippen LogP contribution < -0.4 is 10.9 Å². The molecule has 2 unspecified atom stereocenters. The van der Waals surface area contributed by atoms with Crippen LogP contribution in [0.3, 0.4) is 0 Å². The van der Waals surface area contributed by atoms with E-state index < -0.39 is 6.04 Å². The molecule has 6 atom stereocenters. The van der Waals surface area contributed by atoms with Crippen molar-refractivity contribution in [2.45, 2.75) is 63.1 Å². The van der Waals surface area contributed by atoms with Crippen molar-refractivity contribution < 1.29 is 19.0 Å². The molecule has 0 aromatic rings. The van der Waals surface area contributed by atoms with E-state index in [9.17, 15) is 14.4 Å². The smallest absolute Gasteiger partial charge is 0.309 e. The third-order valence-electron chi connectivity index (χ3n) is 6.47. The Bertz CT molecular complexity index is 649. The van der Waals surface area contributed by atoms with Gasteiger partial charge in [0, 0.05) is 22.6 Å². The van der Waals surface area contributed by atoms with Crippen molar-refractivity contribution in [2.24, 2.45) is 11.8 Å². The number of hydrazine groups is 1. The fourth-order valence-corrected chi connectivity index (χ4v) is 5.35. The van der Waals surface area contributed by atoms with Gasteiger partial charge in [0.05, 0.1) is 12.1 Å². The lowest BCUT2D eigenvalue weighted by Gasteiger charge is -2.36. The second-order valence-corrected chi connectivity index (χ2v) is 9.29. The lowest BCUT2D eigenvalue weighted by Crippen LogP contribution is -2.57. The molecule has 4 rings (SSSR count). The summed E-state index contributed by atoms with van der Waals surface area (Å²) in [6, 6.07) is -1.18. The molecule has 0 spiro atoms. The van der Waals surface area contributed by atoms with Gasteiger partial charge in [-0.05, 0) is 43.9 Å². The Kier molecular flexibility index (Phi) is 6.07. The largest absolute Gasteiger partial charge is 0.345 e. The molecular formula is C17H29N5O4P2. The molecule has 9 nitrogen and oxygen atoms in total. The number of nitrogens with zero attached hydrogens (tertiary/aromatic N) is 3. The van der Waals surface area contributed by atoms with Crippen LogP contribution in [-0.4, -0.2) is 63.7 Å². The number of hydroxylamine groups is 2. The Hall–Kier alpha value is -1.01. The van der Waals surface area contributed by atoms with Gasteiger partial charge in [-0.2, -0.15) is 5.06 Å². The van der Waals surface area contributed by atoms with Crippen molar-refractivity contribution in [3.05, 3.63) is 0 Å². The highest BCUT2D eigenvalue weighted by atomic mass is 31.0. The number of nitrogens with one attached hydrogen (secondary N) is 2. The number of carbonyl (C=O) groups is 3. The highest BCUT2D eigenvalue weighted by Crippen LogP contribution is 2.39. The number of carbonyl (C=O) groups excluding carboxylic acids is 3. The molecule has 2 N–H and O–H groups in total. The van der Waals surface area contributed by atoms with Crippen LogP contribution >= 0.6 is 18.9 Å². The average Bonchev–Trinajstić information content (AvgIpc) is 3.47. The van der Waals surface area contributed by atoms with Gasteiger partial charge in [0.25, 0.3) is 11.8 Å². The van der Waals surface area contributed by atoms with E-state index in [1.165, 1.54) is 29.2 Å². The minimum atomic E-state index is -0.588. The average molecular weight is 429 g/mol. The highest BCUT2D eigenvalue weighted by Gasteiger charge is 2.47. The Balaban J connectivity index is 1.29. The van der Waals surface area contributed by atoms with E-state index in [4.69, 9.17) is 4.62 Å². The summed E-state index contributed by atoms with van der Waals surface area (Å²) in [7, 11) is 4.71. The van der Waals surface area contributed by atoms with Gasteiger partial charge in [-0.25, -0.2) is 4.79 Å². The van der Waals surface area contributed by atoms with Crippen LogP contribution in [0, 0.1) is 11.8 Å². The molecule has 156 valence electrons. The second kappa shape index (κ2) is 8.39. The summed E-state index contributed by atoms with van der Waals surface area (Å²) >= 11 is 0. The molecule has 3 aliphatic heterocycles. The minimum Gasteiger partial charge on any atom is -0.309 e. The van der Waals surface area contributed by atoms with E-state index in [1.54, 1.807) is 0 Å². The number of amides is 4. The number of fused-ring (bicyclic) bond motifs is 2. The molecule has 3 saturated heterocycles. The third kappa shape index (κ3) is 4.13. The zero-order valence-electron chi connectivity index (χ0n) is 15.9. The lowest BCUT2D eigenvalue weighted by molar-refractivity contribution is -0.134. The van der Waals surface area contributed by atoms with Crippen molar-refractivity contribution >= 4 is 36.7 Å². The van der Waals surface area contributed by atoms with Crippen LogP contribution in [-0.2, 0) is 14.2 Å². The van der Waals surface area contributed by atoms with Crippen LogP contribution in [0.5, 0.6) is 0 Å². The Morgan fingerprint density at radius 3 is 2.43 bits per heavy atom. The number of hydrogen-bond acceptors (Lipinski definition) is 5. The predicted molar refractivity (Wildman–Crippen MR) is 108 cm³/mol. The van der Waals surface area contributed by atoms with E-state index in [1.807, 2.05) is 4.67 Å². The molecule has 1 saturated carbocycles. The maximum atomic E-state index is 12.7. The highest BCUT2D eigenvalue weighted by molar-refractivity contribution is 7.13. The summed E-state index contributed by atoms with van der Waals surface area (Å²) in [5.74, 6) is 0.875. The number of rotatable bonds is 5. The van der Waals surface area contributed by atoms with Crippen molar-refractivity contribution in [3.63, 3.8) is 0 Å². The quantitative estimate of drug-likeness (QED) is 0.498. The SMILES string of the molecule is O=C(NNC(=O)[C@@H]1CC[C@H]2CN1C(=O)N2OP)[C@@H]1C[C@H](CC2CC2)CCN1P. The van der Waals surface area contributed by atoms with E-state index in [-0.39, 0.29) is 29.9 Å². The zero-order chi connectivity index (χ0) is 19.8. The zero-order valence-corrected chi connectivity index (χ0v) is 18.2. The fraction of sp³-hybridized carbons (Fsp3) is 0.824. The van der Waals surface area contributed by atoms with Crippen LogP contribution in [0.1, 0.15) is 44.9 Å². The number of piperidine rings is 2. The van der Waals surface area contributed by atoms with Crippen LogP contribution in [0.15, 0.2) is 0 Å². The summed E-state index contributed by atoms with van der Waals surface area (Å²) in [5.41, 5.74) is 5.13. The first-order chi connectivity index (χ1) is 13.5. The molecular weight excluding hydrogens is 400 g/mol. The molecule has 4 fully saturated rings. The molecule has 4 aliphatic rings. The van der Waals surface area contributed by atoms with E-state index in [0.29, 0.717) is 25.3 Å². The summed E-state index contributed by atoms with van der Waals surface area (Å²) in [6.45, 7) is 1.33. The monoisotopic (exact) mass is 429 g/mol.